The molecule has 0 nitrogen and oxygen atoms in total. The average Bonchev–Trinajstić information content (AvgIpc) is 2.98. The number of benzene rings is 5. The Hall–Kier alpha value is -4.96. The summed E-state index contributed by atoms with van der Waals surface area (Å²) >= 11 is 0. The molecule has 0 aliphatic rings. The van der Waals surface area contributed by atoms with Crippen LogP contribution in [0.1, 0.15) is 33.4 Å². The van der Waals surface area contributed by atoms with Gasteiger partial charge in [-0.2, -0.15) is 0 Å². The van der Waals surface area contributed by atoms with E-state index in [-0.39, 0.29) is 32.7 Å². The molecule has 0 radical (unpaired) electrons. The Balaban J connectivity index is 1.87. The first-order valence-corrected chi connectivity index (χ1v) is 11.9. The number of halogens is 10. The largest absolute Gasteiger partial charge is 0.202 e. The molecule has 0 fully saturated rings. The third-order valence-electron chi connectivity index (χ3n) is 6.68. The quantitative estimate of drug-likeness (QED) is 0.0560. The van der Waals surface area contributed by atoms with E-state index in [9.17, 15) is 43.9 Å². The number of aryl methyl sites for hydroxylation is 2. The first kappa shape index (κ1) is 28.6. The van der Waals surface area contributed by atoms with Crippen LogP contribution in [0.3, 0.4) is 0 Å². The van der Waals surface area contributed by atoms with Gasteiger partial charge in [0, 0.05) is 11.1 Å². The summed E-state index contributed by atoms with van der Waals surface area (Å²) in [7, 11) is 0. The molecule has 0 saturated carbocycles. The number of hydrogen-bond donors (Lipinski definition) is 0. The van der Waals surface area contributed by atoms with Crippen LogP contribution < -0.4 is 0 Å². The first-order valence-electron chi connectivity index (χ1n) is 11.9. The maximum atomic E-state index is 14.3. The smallest absolute Gasteiger partial charge is 0.200 e. The van der Waals surface area contributed by atoms with E-state index in [1.807, 2.05) is 11.8 Å². The summed E-state index contributed by atoms with van der Waals surface area (Å²) in [6.45, 7) is 3.43. The minimum absolute atomic E-state index is 0.0921. The van der Waals surface area contributed by atoms with Crippen LogP contribution in [0, 0.1) is 95.7 Å². The molecule has 0 unspecified atom stereocenters. The van der Waals surface area contributed by atoms with Gasteiger partial charge in [0.2, 0.25) is 11.6 Å². The molecule has 5 aromatic carbocycles. The second-order valence-corrected chi connectivity index (χ2v) is 9.17. The minimum atomic E-state index is -2.34. The number of fused-ring (bicyclic) bond motifs is 2. The van der Waals surface area contributed by atoms with Crippen LogP contribution in [-0.4, -0.2) is 0 Å². The lowest BCUT2D eigenvalue weighted by molar-refractivity contribution is 0.376. The van der Waals surface area contributed by atoms with Crippen molar-refractivity contribution in [2.75, 3.05) is 0 Å². The van der Waals surface area contributed by atoms with Crippen molar-refractivity contribution < 1.29 is 43.9 Å². The van der Waals surface area contributed by atoms with Crippen LogP contribution in [0.4, 0.5) is 43.9 Å². The van der Waals surface area contributed by atoms with Crippen LogP contribution in [0.15, 0.2) is 36.4 Å². The molecule has 0 atom stereocenters. The maximum Gasteiger partial charge on any atom is 0.200 e. The summed E-state index contributed by atoms with van der Waals surface area (Å²) in [4.78, 5) is 0. The minimum Gasteiger partial charge on any atom is -0.202 e. The van der Waals surface area contributed by atoms with Gasteiger partial charge in [-0.25, -0.2) is 43.9 Å². The summed E-state index contributed by atoms with van der Waals surface area (Å²) in [5.74, 6) is -12.8. The van der Waals surface area contributed by atoms with Gasteiger partial charge in [0.15, 0.2) is 46.5 Å². The standard InChI is InChI=1S/C32H12F10/c1-13-11-21-17(7-9-19-23(33)27(37)31(41)28(38)24(19)34)15-5-3-4-6-16(15)18(22(21)12-14(13)2)8-10-20-25(35)29(39)32(42)30(40)26(20)36/h3-6,11-12H,1-2H3. The Bertz CT molecular complexity index is 1910. The zero-order chi connectivity index (χ0) is 30.6. The lowest BCUT2D eigenvalue weighted by atomic mass is 9.89. The Labute approximate surface area is 231 Å². The second kappa shape index (κ2) is 10.5. The highest BCUT2D eigenvalue weighted by atomic mass is 19.2. The van der Waals surface area contributed by atoms with Gasteiger partial charge in [-0.15, -0.1) is 0 Å². The Morgan fingerprint density at radius 2 is 0.619 bits per heavy atom. The molecule has 0 heterocycles. The first-order chi connectivity index (χ1) is 19.8. The van der Waals surface area contributed by atoms with Crippen LogP contribution in [0.5, 0.6) is 0 Å². The fourth-order valence-electron chi connectivity index (χ4n) is 4.39. The van der Waals surface area contributed by atoms with Crippen molar-refractivity contribution in [2.45, 2.75) is 13.8 Å². The van der Waals surface area contributed by atoms with E-state index >= 15 is 0 Å². The van der Waals surface area contributed by atoms with E-state index in [0.717, 1.165) is 0 Å². The molecule has 210 valence electrons. The normalized spacial score (nSPS) is 11.0. The molecular formula is C32H12F10. The van der Waals surface area contributed by atoms with E-state index in [2.05, 4.69) is 11.8 Å². The van der Waals surface area contributed by atoms with Gasteiger partial charge in [-0.05, 0) is 58.7 Å². The molecule has 10 heteroatoms. The van der Waals surface area contributed by atoms with Gasteiger partial charge in [0.25, 0.3) is 0 Å². The van der Waals surface area contributed by atoms with Crippen molar-refractivity contribution in [1.29, 1.82) is 0 Å². The fourth-order valence-corrected chi connectivity index (χ4v) is 4.39. The summed E-state index contributed by atoms with van der Waals surface area (Å²) in [6.07, 6.45) is 0. The van der Waals surface area contributed by atoms with Crippen molar-refractivity contribution in [3.8, 4) is 23.7 Å². The third-order valence-corrected chi connectivity index (χ3v) is 6.68. The predicted octanol–water partition coefficient (Wildman–Crippen LogP) is 8.80. The van der Waals surface area contributed by atoms with Crippen molar-refractivity contribution in [1.82, 2.24) is 0 Å². The highest BCUT2D eigenvalue weighted by molar-refractivity contribution is 6.10. The summed E-state index contributed by atoms with van der Waals surface area (Å²) in [6, 6.07) is 9.28. The van der Waals surface area contributed by atoms with Gasteiger partial charge in [0.1, 0.15) is 11.1 Å². The van der Waals surface area contributed by atoms with Crippen molar-refractivity contribution in [3.63, 3.8) is 0 Å². The third kappa shape index (κ3) is 4.40. The zero-order valence-electron chi connectivity index (χ0n) is 21.2. The molecule has 0 N–H and O–H groups in total. The van der Waals surface area contributed by atoms with E-state index < -0.39 is 69.3 Å². The lowest BCUT2D eigenvalue weighted by Crippen LogP contribution is -2.04. The molecule has 0 aliphatic heterocycles. The van der Waals surface area contributed by atoms with E-state index in [0.29, 0.717) is 11.1 Å². The predicted molar refractivity (Wildman–Crippen MR) is 135 cm³/mol. The summed E-state index contributed by atoms with van der Waals surface area (Å²) < 4.78 is 139. The highest BCUT2D eigenvalue weighted by Crippen LogP contribution is 2.34. The molecule has 5 rings (SSSR count). The van der Waals surface area contributed by atoms with Gasteiger partial charge >= 0.3 is 0 Å². The van der Waals surface area contributed by atoms with Gasteiger partial charge < -0.3 is 0 Å². The van der Waals surface area contributed by atoms with Gasteiger partial charge in [0.05, 0.1) is 0 Å². The van der Waals surface area contributed by atoms with Crippen LogP contribution >= 0.6 is 0 Å². The van der Waals surface area contributed by atoms with Crippen LogP contribution in [-0.2, 0) is 0 Å². The van der Waals surface area contributed by atoms with Crippen molar-refractivity contribution in [3.05, 3.63) is 128 Å². The fraction of sp³-hybridized carbons (Fsp3) is 0.0625. The average molecular weight is 586 g/mol. The Morgan fingerprint density at radius 1 is 0.357 bits per heavy atom. The molecule has 0 amide bonds. The zero-order valence-corrected chi connectivity index (χ0v) is 21.2. The molecule has 5 aromatic rings. The maximum absolute atomic E-state index is 14.3. The Morgan fingerprint density at radius 3 is 0.929 bits per heavy atom. The van der Waals surface area contributed by atoms with Gasteiger partial charge in [-0.1, -0.05) is 47.9 Å². The second-order valence-electron chi connectivity index (χ2n) is 9.17. The molecule has 42 heavy (non-hydrogen) atoms. The summed E-state index contributed by atoms with van der Waals surface area (Å²) in [5.41, 5.74) is -1.15. The van der Waals surface area contributed by atoms with Crippen molar-refractivity contribution >= 4 is 21.5 Å². The van der Waals surface area contributed by atoms with E-state index in [1.165, 1.54) is 12.1 Å². The molecule has 0 aliphatic carbocycles. The molecule has 0 bridgehead atoms. The number of rotatable bonds is 0. The molecule has 0 aromatic heterocycles. The highest BCUT2D eigenvalue weighted by Gasteiger charge is 2.26. The Kier molecular flexibility index (Phi) is 7.11. The van der Waals surface area contributed by atoms with E-state index in [1.54, 1.807) is 38.1 Å². The monoisotopic (exact) mass is 586 g/mol. The lowest BCUT2D eigenvalue weighted by Gasteiger charge is -2.13. The SMILES string of the molecule is Cc1cc2c(C#Cc3c(F)c(F)c(F)c(F)c3F)c3ccccc3c(C#Cc3c(F)c(F)c(F)c(F)c3F)c2cc1C. The molecular weight excluding hydrogens is 574 g/mol. The molecule has 0 spiro atoms. The van der Waals surface area contributed by atoms with Gasteiger partial charge in [-0.3, -0.25) is 0 Å². The van der Waals surface area contributed by atoms with Crippen LogP contribution in [0.2, 0.25) is 0 Å². The molecule has 0 saturated heterocycles. The topological polar surface area (TPSA) is 0 Å². The number of hydrogen-bond acceptors (Lipinski definition) is 0. The summed E-state index contributed by atoms with van der Waals surface area (Å²) in [5, 5.41) is 1.06. The van der Waals surface area contributed by atoms with Crippen LogP contribution in [0.25, 0.3) is 21.5 Å². The van der Waals surface area contributed by atoms with Crippen molar-refractivity contribution in [2.24, 2.45) is 0 Å². The van der Waals surface area contributed by atoms with E-state index in [4.69, 9.17) is 0 Å².